The Hall–Kier alpha value is -2.37. The first kappa shape index (κ1) is 74.6. The number of esters is 3. The van der Waals surface area contributed by atoms with Crippen LogP contribution >= 0.6 is 0 Å². The van der Waals surface area contributed by atoms with E-state index in [1.165, 1.54) is 250 Å². The molecule has 0 aliphatic rings. The maximum absolute atomic E-state index is 12.9. The molecule has 0 radical (unpaired) electrons. The Morgan fingerprint density at radius 1 is 0.260 bits per heavy atom. The van der Waals surface area contributed by atoms with Crippen LogP contribution in [0.3, 0.4) is 0 Å². The summed E-state index contributed by atoms with van der Waals surface area (Å²) in [7, 11) is 0. The third-order valence-electron chi connectivity index (χ3n) is 15.6. The summed E-state index contributed by atoms with van der Waals surface area (Å²) in [6.45, 7) is 6.64. The van der Waals surface area contributed by atoms with Gasteiger partial charge in [-0.15, -0.1) is 0 Å². The highest BCUT2D eigenvalue weighted by Crippen LogP contribution is 2.18. The maximum atomic E-state index is 12.9. The Bertz CT molecular complexity index is 1290. The Labute approximate surface area is 480 Å². The van der Waals surface area contributed by atoms with Crippen molar-refractivity contribution in [2.45, 2.75) is 386 Å². The van der Waals surface area contributed by atoms with E-state index in [4.69, 9.17) is 14.2 Å². The van der Waals surface area contributed by atoms with Gasteiger partial charge in [0, 0.05) is 19.3 Å². The van der Waals surface area contributed by atoms with Crippen LogP contribution in [0.15, 0.2) is 36.5 Å². The molecule has 6 heteroatoms. The third kappa shape index (κ3) is 64.3. The molecule has 0 aliphatic carbocycles. The molecule has 0 aromatic carbocycles. The van der Waals surface area contributed by atoms with Crippen molar-refractivity contribution in [2.24, 2.45) is 0 Å². The number of allylic oxidation sites excluding steroid dienone is 6. The van der Waals surface area contributed by atoms with Gasteiger partial charge in [0.05, 0.1) is 0 Å². The van der Waals surface area contributed by atoms with Crippen molar-refractivity contribution in [3.8, 4) is 0 Å². The fourth-order valence-corrected chi connectivity index (χ4v) is 10.4. The Morgan fingerprint density at radius 3 is 0.766 bits per heavy atom. The van der Waals surface area contributed by atoms with Crippen molar-refractivity contribution in [2.75, 3.05) is 13.2 Å². The molecule has 0 aliphatic heterocycles. The minimum atomic E-state index is -0.781. The number of carbonyl (C=O) groups is 3. The lowest BCUT2D eigenvalue weighted by Crippen LogP contribution is -2.30. The number of ether oxygens (including phenoxy) is 3. The smallest absolute Gasteiger partial charge is 0.306 e. The molecule has 0 saturated heterocycles. The molecule has 6 nitrogen and oxygen atoms in total. The number of hydrogen-bond acceptors (Lipinski definition) is 6. The first-order chi connectivity index (χ1) is 38.0. The van der Waals surface area contributed by atoms with Crippen molar-refractivity contribution in [3.05, 3.63) is 36.5 Å². The molecule has 0 saturated carbocycles. The molecule has 1 unspecified atom stereocenters. The second kappa shape index (κ2) is 66.1. The average molecular weight is 1080 g/mol. The van der Waals surface area contributed by atoms with Gasteiger partial charge in [-0.1, -0.05) is 320 Å². The molecule has 0 aromatic heterocycles. The molecule has 1 atom stereocenters. The van der Waals surface area contributed by atoms with Crippen LogP contribution in [0.25, 0.3) is 0 Å². The van der Waals surface area contributed by atoms with E-state index in [1.807, 2.05) is 0 Å². The lowest BCUT2D eigenvalue weighted by molar-refractivity contribution is -0.167. The summed E-state index contributed by atoms with van der Waals surface area (Å²) in [5.41, 5.74) is 0. The summed E-state index contributed by atoms with van der Waals surface area (Å²) >= 11 is 0. The van der Waals surface area contributed by atoms with Gasteiger partial charge >= 0.3 is 17.9 Å². The highest BCUT2D eigenvalue weighted by atomic mass is 16.6. The van der Waals surface area contributed by atoms with Crippen LogP contribution in [-0.2, 0) is 28.6 Å². The number of hydrogen-bond donors (Lipinski definition) is 0. The summed E-state index contributed by atoms with van der Waals surface area (Å²) in [6.07, 6.45) is 81.9. The quantitative estimate of drug-likeness (QED) is 0.0261. The number of carbonyl (C=O) groups excluding carboxylic acids is 3. The maximum Gasteiger partial charge on any atom is 0.306 e. The predicted octanol–water partition coefficient (Wildman–Crippen LogP) is 23.6. The highest BCUT2D eigenvalue weighted by molar-refractivity contribution is 5.71. The van der Waals surface area contributed by atoms with E-state index >= 15 is 0 Å². The van der Waals surface area contributed by atoms with Crippen molar-refractivity contribution >= 4 is 17.9 Å². The van der Waals surface area contributed by atoms with E-state index < -0.39 is 6.10 Å². The zero-order valence-corrected chi connectivity index (χ0v) is 52.0. The SMILES string of the molecule is CCCCC/C=C\C/C=C\CCCCCCCC(=O)OC(COC(=O)CCCCCCC/C=C\CCCCCC)COC(=O)CCCCCCCCCCCCCCCCCCCCCCCCCCCCCCCCC. The Balaban J connectivity index is 4.11. The minimum Gasteiger partial charge on any atom is -0.462 e. The topological polar surface area (TPSA) is 78.9 Å². The zero-order valence-electron chi connectivity index (χ0n) is 52.0. The van der Waals surface area contributed by atoms with Crippen molar-refractivity contribution in [1.82, 2.24) is 0 Å². The van der Waals surface area contributed by atoms with Gasteiger partial charge in [-0.3, -0.25) is 14.4 Å². The minimum absolute atomic E-state index is 0.0766. The Kier molecular flexibility index (Phi) is 64.1. The van der Waals surface area contributed by atoms with Crippen LogP contribution in [0, 0.1) is 0 Å². The molecule has 452 valence electrons. The number of rotatable bonds is 64. The third-order valence-corrected chi connectivity index (χ3v) is 15.6. The lowest BCUT2D eigenvalue weighted by Gasteiger charge is -2.18. The predicted molar refractivity (Wildman–Crippen MR) is 335 cm³/mol. The van der Waals surface area contributed by atoms with Crippen molar-refractivity contribution in [1.29, 1.82) is 0 Å². The van der Waals surface area contributed by atoms with E-state index in [1.54, 1.807) is 0 Å². The van der Waals surface area contributed by atoms with Crippen molar-refractivity contribution < 1.29 is 28.6 Å². The van der Waals surface area contributed by atoms with E-state index in [0.717, 1.165) is 89.9 Å². The van der Waals surface area contributed by atoms with Crippen LogP contribution in [0.4, 0.5) is 0 Å². The molecule has 0 rings (SSSR count). The standard InChI is InChI=1S/C71H132O6/c1-4-7-10-13-16-19-22-25-27-28-29-30-31-32-33-34-35-36-37-38-39-40-41-42-44-46-49-52-55-58-61-64-70(73)76-67-68(66-75-69(72)63-60-57-54-51-48-45-24-21-18-15-12-9-6-3)77-71(74)65-62-59-56-53-50-47-43-26-23-20-17-14-11-8-5-2/h17,20-21,24,26,43,68H,4-16,18-19,22-23,25,27-42,44-67H2,1-3H3/b20-17-,24-21-,43-26-. The normalized spacial score (nSPS) is 12.2. The van der Waals surface area contributed by atoms with Gasteiger partial charge < -0.3 is 14.2 Å². The summed E-state index contributed by atoms with van der Waals surface area (Å²) in [5.74, 6) is -0.877. The lowest BCUT2D eigenvalue weighted by atomic mass is 10.0. The van der Waals surface area contributed by atoms with Gasteiger partial charge in [0.25, 0.3) is 0 Å². The molecular formula is C71H132O6. The first-order valence-electron chi connectivity index (χ1n) is 34.5. The summed E-state index contributed by atoms with van der Waals surface area (Å²) in [4.78, 5) is 38.3. The zero-order chi connectivity index (χ0) is 55.7. The summed E-state index contributed by atoms with van der Waals surface area (Å²) in [6, 6.07) is 0. The van der Waals surface area contributed by atoms with Crippen LogP contribution in [0.1, 0.15) is 380 Å². The molecule has 0 spiro atoms. The van der Waals surface area contributed by atoms with Gasteiger partial charge in [-0.2, -0.15) is 0 Å². The van der Waals surface area contributed by atoms with E-state index in [9.17, 15) is 14.4 Å². The molecule has 0 aromatic rings. The largest absolute Gasteiger partial charge is 0.462 e. The molecular weight excluding hydrogens is 949 g/mol. The molecule has 0 fully saturated rings. The molecule has 0 N–H and O–H groups in total. The van der Waals surface area contributed by atoms with Crippen molar-refractivity contribution in [3.63, 3.8) is 0 Å². The molecule has 0 bridgehead atoms. The van der Waals surface area contributed by atoms with Gasteiger partial charge in [0.1, 0.15) is 13.2 Å². The van der Waals surface area contributed by atoms with Crippen LogP contribution in [0.5, 0.6) is 0 Å². The fourth-order valence-electron chi connectivity index (χ4n) is 10.4. The molecule has 0 heterocycles. The summed E-state index contributed by atoms with van der Waals surface area (Å²) < 4.78 is 16.9. The molecule has 77 heavy (non-hydrogen) atoms. The monoisotopic (exact) mass is 1080 g/mol. The van der Waals surface area contributed by atoms with Gasteiger partial charge in [-0.25, -0.2) is 0 Å². The van der Waals surface area contributed by atoms with Crippen LogP contribution < -0.4 is 0 Å². The molecule has 0 amide bonds. The van der Waals surface area contributed by atoms with E-state index in [-0.39, 0.29) is 31.1 Å². The second-order valence-electron chi connectivity index (χ2n) is 23.4. The van der Waals surface area contributed by atoms with E-state index in [2.05, 4.69) is 57.2 Å². The average Bonchev–Trinajstić information content (AvgIpc) is 3.43. The number of unbranched alkanes of at least 4 members (excludes halogenated alkanes) is 47. The van der Waals surface area contributed by atoms with Gasteiger partial charge in [0.2, 0.25) is 0 Å². The van der Waals surface area contributed by atoms with Crippen LogP contribution in [-0.4, -0.2) is 37.2 Å². The van der Waals surface area contributed by atoms with Gasteiger partial charge in [0.15, 0.2) is 6.10 Å². The first-order valence-corrected chi connectivity index (χ1v) is 34.5. The van der Waals surface area contributed by atoms with E-state index in [0.29, 0.717) is 19.3 Å². The van der Waals surface area contributed by atoms with Crippen LogP contribution in [0.2, 0.25) is 0 Å². The second-order valence-corrected chi connectivity index (χ2v) is 23.4. The Morgan fingerprint density at radius 2 is 0.468 bits per heavy atom. The summed E-state index contributed by atoms with van der Waals surface area (Å²) in [5, 5.41) is 0. The van der Waals surface area contributed by atoms with Gasteiger partial charge in [-0.05, 0) is 77.0 Å². The fraction of sp³-hybridized carbons (Fsp3) is 0.873. The highest BCUT2D eigenvalue weighted by Gasteiger charge is 2.19.